The van der Waals surface area contributed by atoms with Crippen molar-refractivity contribution in [1.29, 1.82) is 0 Å². The first-order valence-electron chi connectivity index (χ1n) is 9.56. The van der Waals surface area contributed by atoms with Crippen LogP contribution < -0.4 is 0 Å². The average Bonchev–Trinajstić information content (AvgIpc) is 3.03. The van der Waals surface area contributed by atoms with Gasteiger partial charge in [0.2, 0.25) is 0 Å². The normalized spacial score (nSPS) is 18.1. The van der Waals surface area contributed by atoms with E-state index in [0.717, 1.165) is 45.8 Å². The van der Waals surface area contributed by atoms with Gasteiger partial charge in [-0.1, -0.05) is 36.4 Å². The third kappa shape index (κ3) is 6.49. The van der Waals surface area contributed by atoms with Crippen molar-refractivity contribution in [1.82, 2.24) is 14.7 Å². The van der Waals surface area contributed by atoms with E-state index in [1.807, 2.05) is 17.4 Å². The zero-order valence-corrected chi connectivity index (χ0v) is 16.6. The molecule has 0 saturated carbocycles. The molecule has 0 unspecified atom stereocenters. The Hall–Kier alpha value is -1.24. The van der Waals surface area contributed by atoms with E-state index in [4.69, 9.17) is 0 Å². The van der Waals surface area contributed by atoms with Crippen LogP contribution in [0.2, 0.25) is 0 Å². The van der Waals surface area contributed by atoms with Gasteiger partial charge in [0, 0.05) is 44.1 Å². The molecular formula is C21H31N3OS. The standard InChI is InChI=1S/C21H31N3OS/c1-22(15-19-7-3-2-4-8-19)16-20(25)17-23-10-6-11-24(13-12-23)18-21-9-5-14-26-21/h2-5,7-9,14,20,25H,6,10-13,15-18H2,1H3/t20-/m1/s1. The molecule has 26 heavy (non-hydrogen) atoms. The fraction of sp³-hybridized carbons (Fsp3) is 0.524. The number of β-amino-alcohol motifs (C(OH)–C–C–N with tert-alkyl or cyclic N) is 1. The van der Waals surface area contributed by atoms with Crippen LogP contribution in [0.4, 0.5) is 0 Å². The topological polar surface area (TPSA) is 30.0 Å². The quantitative estimate of drug-likeness (QED) is 0.771. The Morgan fingerprint density at radius 3 is 2.58 bits per heavy atom. The summed E-state index contributed by atoms with van der Waals surface area (Å²) in [6.07, 6.45) is 0.880. The molecule has 0 radical (unpaired) electrons. The Morgan fingerprint density at radius 2 is 1.81 bits per heavy atom. The van der Waals surface area contributed by atoms with Crippen molar-refractivity contribution in [3.63, 3.8) is 0 Å². The molecule has 1 atom stereocenters. The molecule has 0 spiro atoms. The van der Waals surface area contributed by atoms with Gasteiger partial charge in [-0.3, -0.25) is 14.7 Å². The fourth-order valence-electron chi connectivity index (χ4n) is 3.66. The zero-order chi connectivity index (χ0) is 18.2. The molecule has 2 heterocycles. The molecule has 142 valence electrons. The van der Waals surface area contributed by atoms with E-state index in [1.165, 1.54) is 16.9 Å². The Labute approximate surface area is 161 Å². The van der Waals surface area contributed by atoms with Crippen molar-refractivity contribution in [2.45, 2.75) is 25.6 Å². The minimum atomic E-state index is -0.299. The van der Waals surface area contributed by atoms with Crippen molar-refractivity contribution in [3.8, 4) is 0 Å². The van der Waals surface area contributed by atoms with Crippen molar-refractivity contribution in [3.05, 3.63) is 58.3 Å². The van der Waals surface area contributed by atoms with Crippen LogP contribution in [0.25, 0.3) is 0 Å². The van der Waals surface area contributed by atoms with Gasteiger partial charge >= 0.3 is 0 Å². The lowest BCUT2D eigenvalue weighted by Gasteiger charge is -2.26. The summed E-state index contributed by atoms with van der Waals surface area (Å²) >= 11 is 1.84. The van der Waals surface area contributed by atoms with Crippen molar-refractivity contribution in [2.24, 2.45) is 0 Å². The van der Waals surface area contributed by atoms with Crippen molar-refractivity contribution >= 4 is 11.3 Å². The zero-order valence-electron chi connectivity index (χ0n) is 15.8. The SMILES string of the molecule is CN(Cc1ccccc1)C[C@@H](O)CN1CCCN(Cc2cccs2)CC1. The Morgan fingerprint density at radius 1 is 1.04 bits per heavy atom. The monoisotopic (exact) mass is 373 g/mol. The van der Waals surface area contributed by atoms with Gasteiger partial charge in [0.25, 0.3) is 0 Å². The first-order chi connectivity index (χ1) is 12.7. The molecule has 0 bridgehead atoms. The van der Waals surface area contributed by atoms with E-state index in [9.17, 15) is 5.11 Å². The van der Waals surface area contributed by atoms with E-state index in [2.05, 4.69) is 63.5 Å². The van der Waals surface area contributed by atoms with Crippen LogP contribution in [0.5, 0.6) is 0 Å². The van der Waals surface area contributed by atoms with Gasteiger partial charge in [-0.05, 0) is 43.6 Å². The molecule has 0 amide bonds. The predicted octanol–water partition coefficient (Wildman–Crippen LogP) is 2.75. The molecule has 1 aliphatic heterocycles. The molecule has 2 aromatic rings. The summed E-state index contributed by atoms with van der Waals surface area (Å²) in [6.45, 7) is 7.80. The lowest BCUT2D eigenvalue weighted by molar-refractivity contribution is 0.0810. The van der Waals surface area contributed by atoms with E-state index < -0.39 is 0 Å². The van der Waals surface area contributed by atoms with Crippen LogP contribution >= 0.6 is 11.3 Å². The molecule has 1 saturated heterocycles. The maximum absolute atomic E-state index is 10.5. The molecule has 1 aromatic heterocycles. The van der Waals surface area contributed by atoms with Crippen LogP contribution in [0, 0.1) is 0 Å². The number of likely N-dealkylation sites (N-methyl/N-ethyl adjacent to an activating group) is 1. The van der Waals surface area contributed by atoms with Gasteiger partial charge in [0.15, 0.2) is 0 Å². The van der Waals surface area contributed by atoms with Gasteiger partial charge in [-0.2, -0.15) is 0 Å². The third-order valence-corrected chi connectivity index (χ3v) is 5.79. The second-order valence-corrected chi connectivity index (χ2v) is 8.38. The fourth-order valence-corrected chi connectivity index (χ4v) is 4.41. The number of rotatable bonds is 8. The highest BCUT2D eigenvalue weighted by Gasteiger charge is 2.18. The van der Waals surface area contributed by atoms with Gasteiger partial charge in [0.05, 0.1) is 6.10 Å². The highest BCUT2D eigenvalue weighted by molar-refractivity contribution is 7.09. The lowest BCUT2D eigenvalue weighted by atomic mass is 10.2. The summed E-state index contributed by atoms with van der Waals surface area (Å²) in [4.78, 5) is 8.62. The lowest BCUT2D eigenvalue weighted by Crippen LogP contribution is -2.40. The summed E-state index contributed by atoms with van der Waals surface area (Å²) in [5.41, 5.74) is 1.29. The van der Waals surface area contributed by atoms with E-state index in [0.29, 0.717) is 6.54 Å². The molecule has 3 rings (SSSR count). The maximum Gasteiger partial charge on any atom is 0.0793 e. The number of nitrogens with zero attached hydrogens (tertiary/aromatic N) is 3. The second-order valence-electron chi connectivity index (χ2n) is 7.35. The van der Waals surface area contributed by atoms with Crippen molar-refractivity contribution in [2.75, 3.05) is 46.3 Å². The molecule has 1 aliphatic rings. The Bertz CT molecular complexity index is 619. The highest BCUT2D eigenvalue weighted by Crippen LogP contribution is 2.14. The summed E-state index contributed by atoms with van der Waals surface area (Å²) in [5.74, 6) is 0. The Balaban J connectivity index is 1.39. The number of aliphatic hydroxyl groups excluding tert-OH is 1. The molecular weight excluding hydrogens is 342 g/mol. The molecule has 1 fully saturated rings. The van der Waals surface area contributed by atoms with Crippen LogP contribution in [0.15, 0.2) is 47.8 Å². The maximum atomic E-state index is 10.5. The van der Waals surface area contributed by atoms with Crippen molar-refractivity contribution < 1.29 is 5.11 Å². The van der Waals surface area contributed by atoms with Crippen LogP contribution in [0.1, 0.15) is 16.9 Å². The number of benzene rings is 1. The third-order valence-electron chi connectivity index (χ3n) is 4.93. The summed E-state index contributed by atoms with van der Waals surface area (Å²) < 4.78 is 0. The molecule has 1 N–H and O–H groups in total. The van der Waals surface area contributed by atoms with Gasteiger partial charge in [0.1, 0.15) is 0 Å². The summed E-state index contributed by atoms with van der Waals surface area (Å²) in [7, 11) is 2.08. The van der Waals surface area contributed by atoms with Gasteiger partial charge < -0.3 is 5.11 Å². The average molecular weight is 374 g/mol. The number of aliphatic hydroxyl groups is 1. The molecule has 0 aliphatic carbocycles. The molecule has 1 aromatic carbocycles. The smallest absolute Gasteiger partial charge is 0.0793 e. The first-order valence-corrected chi connectivity index (χ1v) is 10.4. The van der Waals surface area contributed by atoms with E-state index in [1.54, 1.807) is 0 Å². The molecule has 4 nitrogen and oxygen atoms in total. The van der Waals surface area contributed by atoms with Crippen LogP contribution in [-0.2, 0) is 13.1 Å². The summed E-state index contributed by atoms with van der Waals surface area (Å²) in [6, 6.07) is 14.8. The highest BCUT2D eigenvalue weighted by atomic mass is 32.1. The largest absolute Gasteiger partial charge is 0.390 e. The Kier molecular flexibility index (Phi) is 7.65. The minimum Gasteiger partial charge on any atom is -0.390 e. The van der Waals surface area contributed by atoms with Gasteiger partial charge in [-0.25, -0.2) is 0 Å². The summed E-state index contributed by atoms with van der Waals surface area (Å²) in [5, 5.41) is 12.7. The molecule has 5 heteroatoms. The van der Waals surface area contributed by atoms with E-state index in [-0.39, 0.29) is 6.10 Å². The van der Waals surface area contributed by atoms with Crippen LogP contribution in [0.3, 0.4) is 0 Å². The predicted molar refractivity (Wildman–Crippen MR) is 109 cm³/mol. The number of hydrogen-bond donors (Lipinski definition) is 1. The number of thiophene rings is 1. The number of hydrogen-bond acceptors (Lipinski definition) is 5. The van der Waals surface area contributed by atoms with E-state index >= 15 is 0 Å². The first kappa shape index (κ1) is 19.5. The minimum absolute atomic E-state index is 0.299. The second kappa shape index (κ2) is 10.2. The van der Waals surface area contributed by atoms with Crippen LogP contribution in [-0.4, -0.2) is 72.2 Å². The van der Waals surface area contributed by atoms with Gasteiger partial charge in [-0.15, -0.1) is 11.3 Å².